The lowest BCUT2D eigenvalue weighted by Gasteiger charge is -2.32. The summed E-state index contributed by atoms with van der Waals surface area (Å²) in [4.78, 5) is 14.2. The first-order valence-corrected chi connectivity index (χ1v) is 6.49. The van der Waals surface area contributed by atoms with Crippen LogP contribution < -0.4 is 10.6 Å². The van der Waals surface area contributed by atoms with Crippen LogP contribution in [0.25, 0.3) is 0 Å². The molecule has 4 heteroatoms. The molecular weight excluding hydrogens is 226 g/mol. The number of carbonyl (C=O) groups is 1. The van der Waals surface area contributed by atoms with Gasteiger partial charge in [-0.1, -0.05) is 19.1 Å². The minimum atomic E-state index is -0.182. The van der Waals surface area contributed by atoms with Gasteiger partial charge in [-0.3, -0.25) is 4.79 Å². The fraction of sp³-hybridized carbons (Fsp3) is 0.500. The van der Waals surface area contributed by atoms with Gasteiger partial charge in [-0.25, -0.2) is 0 Å². The molecule has 0 bridgehead atoms. The quantitative estimate of drug-likeness (QED) is 0.860. The number of para-hydroxylation sites is 2. The molecular formula is C14H21N3O. The molecule has 1 heterocycles. The number of hydrogen-bond acceptors (Lipinski definition) is 3. The highest BCUT2D eigenvalue weighted by atomic mass is 16.2. The molecule has 2 rings (SSSR count). The second-order valence-corrected chi connectivity index (χ2v) is 4.83. The van der Waals surface area contributed by atoms with Crippen molar-refractivity contribution in [2.24, 2.45) is 0 Å². The van der Waals surface area contributed by atoms with E-state index in [1.165, 1.54) is 0 Å². The van der Waals surface area contributed by atoms with E-state index in [0.717, 1.165) is 17.8 Å². The van der Waals surface area contributed by atoms with Crippen LogP contribution in [-0.2, 0) is 4.79 Å². The Kier molecular flexibility index (Phi) is 3.75. The summed E-state index contributed by atoms with van der Waals surface area (Å²) in [5, 5.41) is 6.60. The first kappa shape index (κ1) is 12.7. The summed E-state index contributed by atoms with van der Waals surface area (Å²) in [6.45, 7) is 4.80. The van der Waals surface area contributed by atoms with Crippen LogP contribution in [0.4, 0.5) is 11.4 Å². The zero-order valence-corrected chi connectivity index (χ0v) is 11.2. The molecule has 0 aliphatic carbocycles. The zero-order valence-electron chi connectivity index (χ0n) is 11.2. The molecule has 2 unspecified atom stereocenters. The summed E-state index contributed by atoms with van der Waals surface area (Å²) in [5.41, 5.74) is 2.06. The molecule has 2 N–H and O–H groups in total. The van der Waals surface area contributed by atoms with Crippen LogP contribution >= 0.6 is 0 Å². The third-order valence-electron chi connectivity index (χ3n) is 3.65. The lowest BCUT2D eigenvalue weighted by Crippen LogP contribution is -2.49. The first-order chi connectivity index (χ1) is 8.63. The zero-order chi connectivity index (χ0) is 13.1. The highest BCUT2D eigenvalue weighted by Gasteiger charge is 2.27. The number of hydrogen-bond donors (Lipinski definition) is 2. The van der Waals surface area contributed by atoms with Gasteiger partial charge in [0.2, 0.25) is 5.91 Å². The van der Waals surface area contributed by atoms with Gasteiger partial charge in [-0.15, -0.1) is 0 Å². The molecule has 98 valence electrons. The molecule has 1 aliphatic heterocycles. The Labute approximate surface area is 108 Å². The van der Waals surface area contributed by atoms with E-state index in [9.17, 15) is 4.79 Å². The van der Waals surface area contributed by atoms with Crippen molar-refractivity contribution in [2.75, 3.05) is 24.2 Å². The van der Waals surface area contributed by atoms with E-state index in [0.29, 0.717) is 6.54 Å². The maximum absolute atomic E-state index is 12.3. The number of anilines is 2. The van der Waals surface area contributed by atoms with Crippen molar-refractivity contribution in [3.05, 3.63) is 24.3 Å². The van der Waals surface area contributed by atoms with E-state index in [2.05, 4.69) is 24.5 Å². The van der Waals surface area contributed by atoms with Gasteiger partial charge in [-0.05, 0) is 25.5 Å². The van der Waals surface area contributed by atoms with Crippen LogP contribution in [0.5, 0.6) is 0 Å². The fourth-order valence-electron chi connectivity index (χ4n) is 2.10. The van der Waals surface area contributed by atoms with E-state index in [4.69, 9.17) is 0 Å². The van der Waals surface area contributed by atoms with Crippen molar-refractivity contribution < 1.29 is 4.79 Å². The van der Waals surface area contributed by atoms with Crippen LogP contribution in [0, 0.1) is 0 Å². The molecule has 4 nitrogen and oxygen atoms in total. The number of rotatable bonds is 3. The third-order valence-corrected chi connectivity index (χ3v) is 3.65. The highest BCUT2D eigenvalue weighted by Crippen LogP contribution is 2.25. The minimum absolute atomic E-state index is 0.145. The van der Waals surface area contributed by atoms with Crippen molar-refractivity contribution >= 4 is 17.3 Å². The summed E-state index contributed by atoms with van der Waals surface area (Å²) in [5.74, 6) is 0.145. The molecule has 0 fully saturated rings. The lowest BCUT2D eigenvalue weighted by molar-refractivity contribution is -0.132. The van der Waals surface area contributed by atoms with Gasteiger partial charge >= 0.3 is 0 Å². The molecule has 0 radical (unpaired) electrons. The number of nitrogens with one attached hydrogen (secondary N) is 2. The maximum atomic E-state index is 12.3. The van der Waals surface area contributed by atoms with Gasteiger partial charge in [0, 0.05) is 19.6 Å². The molecule has 0 spiro atoms. The maximum Gasteiger partial charge on any atom is 0.246 e. The Morgan fingerprint density at radius 1 is 1.44 bits per heavy atom. The smallest absolute Gasteiger partial charge is 0.246 e. The number of fused-ring (bicyclic) bond motifs is 1. The Bertz CT molecular complexity index is 433. The van der Waals surface area contributed by atoms with E-state index < -0.39 is 0 Å². The van der Waals surface area contributed by atoms with Gasteiger partial charge in [-0.2, -0.15) is 0 Å². The molecule has 1 aliphatic rings. The summed E-state index contributed by atoms with van der Waals surface area (Å²) in [6, 6.07) is 8.06. The van der Waals surface area contributed by atoms with E-state index >= 15 is 0 Å². The number of carbonyl (C=O) groups excluding carboxylic acids is 1. The Balaban J connectivity index is 2.07. The predicted molar refractivity (Wildman–Crippen MR) is 74.9 cm³/mol. The van der Waals surface area contributed by atoms with Crippen molar-refractivity contribution in [3.8, 4) is 0 Å². The number of amides is 1. The van der Waals surface area contributed by atoms with Crippen molar-refractivity contribution in [3.63, 3.8) is 0 Å². The first-order valence-electron chi connectivity index (χ1n) is 6.49. The average Bonchev–Trinajstić information content (AvgIpc) is 2.44. The van der Waals surface area contributed by atoms with Gasteiger partial charge in [0.1, 0.15) is 6.04 Å². The SMILES string of the molecule is CCC(C)N(C)C(=O)C1CNc2ccccc2N1. The second-order valence-electron chi connectivity index (χ2n) is 4.83. The Morgan fingerprint density at radius 3 is 2.78 bits per heavy atom. The van der Waals surface area contributed by atoms with Crippen LogP contribution in [0.3, 0.4) is 0 Å². The summed E-state index contributed by atoms with van der Waals surface area (Å²) in [7, 11) is 1.87. The average molecular weight is 247 g/mol. The van der Waals surface area contributed by atoms with Crippen molar-refractivity contribution in [2.45, 2.75) is 32.4 Å². The van der Waals surface area contributed by atoms with E-state index in [1.807, 2.05) is 36.2 Å². The van der Waals surface area contributed by atoms with Crippen LogP contribution in [0.1, 0.15) is 20.3 Å². The van der Waals surface area contributed by atoms with Crippen molar-refractivity contribution in [1.29, 1.82) is 0 Å². The van der Waals surface area contributed by atoms with Gasteiger partial charge < -0.3 is 15.5 Å². The molecule has 2 atom stereocenters. The Morgan fingerprint density at radius 2 is 2.11 bits per heavy atom. The molecule has 0 saturated heterocycles. The molecule has 1 aromatic carbocycles. The molecule has 0 saturated carbocycles. The predicted octanol–water partition coefficient (Wildman–Crippen LogP) is 2.15. The summed E-state index contributed by atoms with van der Waals surface area (Å²) >= 11 is 0. The van der Waals surface area contributed by atoms with Gasteiger partial charge in [0.15, 0.2) is 0 Å². The second kappa shape index (κ2) is 5.29. The third kappa shape index (κ3) is 2.42. The number of nitrogens with zero attached hydrogens (tertiary/aromatic N) is 1. The lowest BCUT2D eigenvalue weighted by atomic mass is 10.1. The molecule has 1 amide bonds. The monoisotopic (exact) mass is 247 g/mol. The standard InChI is InChI=1S/C14H21N3O/c1-4-10(2)17(3)14(18)13-9-15-11-7-5-6-8-12(11)16-13/h5-8,10,13,15-16H,4,9H2,1-3H3. The number of likely N-dealkylation sites (N-methyl/N-ethyl adjacent to an activating group) is 1. The largest absolute Gasteiger partial charge is 0.381 e. The minimum Gasteiger partial charge on any atom is -0.381 e. The summed E-state index contributed by atoms with van der Waals surface area (Å²) < 4.78 is 0. The van der Waals surface area contributed by atoms with E-state index in [-0.39, 0.29) is 18.0 Å². The molecule has 1 aromatic rings. The Hall–Kier alpha value is -1.71. The number of benzene rings is 1. The van der Waals surface area contributed by atoms with Crippen LogP contribution in [-0.4, -0.2) is 36.5 Å². The molecule has 0 aromatic heterocycles. The van der Waals surface area contributed by atoms with E-state index in [1.54, 1.807) is 0 Å². The van der Waals surface area contributed by atoms with Crippen molar-refractivity contribution in [1.82, 2.24) is 4.90 Å². The van der Waals surface area contributed by atoms with Crippen LogP contribution in [0.15, 0.2) is 24.3 Å². The van der Waals surface area contributed by atoms with Gasteiger partial charge in [0.25, 0.3) is 0 Å². The normalized spacial score (nSPS) is 19.2. The fourth-order valence-corrected chi connectivity index (χ4v) is 2.10. The van der Waals surface area contributed by atoms with Crippen LogP contribution in [0.2, 0.25) is 0 Å². The summed E-state index contributed by atoms with van der Waals surface area (Å²) in [6.07, 6.45) is 0.971. The highest BCUT2D eigenvalue weighted by molar-refractivity contribution is 5.88. The topological polar surface area (TPSA) is 44.4 Å². The molecule has 18 heavy (non-hydrogen) atoms. The van der Waals surface area contributed by atoms with Gasteiger partial charge in [0.05, 0.1) is 11.4 Å².